The smallest absolute Gasteiger partial charge is 0.0584 e. The first-order chi connectivity index (χ1) is 8.23. The lowest BCUT2D eigenvalue weighted by atomic mass is 9.83. The molecule has 1 aliphatic heterocycles. The van der Waals surface area contributed by atoms with E-state index in [9.17, 15) is 0 Å². The van der Waals surface area contributed by atoms with Crippen LogP contribution in [-0.4, -0.2) is 12.6 Å². The summed E-state index contributed by atoms with van der Waals surface area (Å²) in [5.74, 6) is 0. The van der Waals surface area contributed by atoms with Crippen molar-refractivity contribution in [2.45, 2.75) is 45.1 Å². The van der Waals surface area contributed by atoms with Gasteiger partial charge in [0.1, 0.15) is 0 Å². The van der Waals surface area contributed by atoms with Gasteiger partial charge < -0.3 is 4.90 Å². The fraction of sp³-hybridized carbons (Fsp3) is 0.500. The highest BCUT2D eigenvalue weighted by Gasteiger charge is 2.33. The summed E-state index contributed by atoms with van der Waals surface area (Å²) >= 11 is 0. The van der Waals surface area contributed by atoms with Crippen molar-refractivity contribution in [2.75, 3.05) is 11.9 Å². The molecule has 0 saturated heterocycles. The second kappa shape index (κ2) is 4.95. The third-order valence-electron chi connectivity index (χ3n) is 3.91. The summed E-state index contributed by atoms with van der Waals surface area (Å²) in [5, 5.41) is 0. The van der Waals surface area contributed by atoms with Crippen molar-refractivity contribution in [3.8, 4) is 0 Å². The van der Waals surface area contributed by atoms with Gasteiger partial charge in [0.2, 0.25) is 0 Å². The van der Waals surface area contributed by atoms with E-state index >= 15 is 0 Å². The zero-order valence-electron chi connectivity index (χ0n) is 11.2. The van der Waals surface area contributed by atoms with Gasteiger partial charge in [-0.2, -0.15) is 0 Å². The third-order valence-corrected chi connectivity index (χ3v) is 3.91. The Kier molecular flexibility index (Phi) is 3.56. The van der Waals surface area contributed by atoms with Crippen LogP contribution >= 0.6 is 0 Å². The van der Waals surface area contributed by atoms with E-state index in [0.717, 1.165) is 0 Å². The van der Waals surface area contributed by atoms with Gasteiger partial charge in [0.05, 0.1) is 5.54 Å². The summed E-state index contributed by atoms with van der Waals surface area (Å²) in [5.41, 5.74) is 2.95. The maximum Gasteiger partial charge on any atom is 0.0584 e. The van der Waals surface area contributed by atoms with Crippen LogP contribution in [0.5, 0.6) is 0 Å². The Bertz CT molecular complexity index is 400. The molecule has 1 aromatic rings. The second-order valence-corrected chi connectivity index (χ2v) is 5.05. The van der Waals surface area contributed by atoms with Gasteiger partial charge in [0.25, 0.3) is 0 Å². The molecule has 0 aliphatic carbocycles. The first-order valence-corrected chi connectivity index (χ1v) is 6.75. The number of rotatable bonds is 4. The van der Waals surface area contributed by atoms with Crippen molar-refractivity contribution < 1.29 is 0 Å². The Morgan fingerprint density at radius 2 is 1.71 bits per heavy atom. The first-order valence-electron chi connectivity index (χ1n) is 6.75. The van der Waals surface area contributed by atoms with Gasteiger partial charge in [-0.15, -0.1) is 0 Å². The largest absolute Gasteiger partial charge is 0.365 e. The minimum Gasteiger partial charge on any atom is -0.365 e. The maximum atomic E-state index is 2.48. The number of anilines is 1. The normalized spacial score (nSPS) is 17.0. The Hall–Kier alpha value is -1.24. The number of likely N-dealkylation sites (N-methyl/N-ethyl adjacent to an activating group) is 1. The molecule has 2 rings (SSSR count). The Balaban J connectivity index is 2.39. The molecule has 0 atom stereocenters. The lowest BCUT2D eigenvalue weighted by Gasteiger charge is -2.44. The zero-order chi connectivity index (χ0) is 12.3. The van der Waals surface area contributed by atoms with Crippen LogP contribution in [0.15, 0.2) is 30.3 Å². The van der Waals surface area contributed by atoms with Crippen LogP contribution in [0, 0.1) is 0 Å². The van der Waals surface area contributed by atoms with E-state index in [1.807, 2.05) is 0 Å². The topological polar surface area (TPSA) is 3.24 Å². The summed E-state index contributed by atoms with van der Waals surface area (Å²) in [6, 6.07) is 8.68. The molecule has 0 N–H and O–H groups in total. The predicted octanol–water partition coefficient (Wildman–Crippen LogP) is 4.49. The number of fused-ring (bicyclic) bond motifs is 1. The van der Waals surface area contributed by atoms with Crippen molar-refractivity contribution in [3.05, 3.63) is 35.9 Å². The van der Waals surface area contributed by atoms with E-state index in [1.54, 1.807) is 0 Å². The van der Waals surface area contributed by atoms with E-state index in [-0.39, 0.29) is 5.54 Å². The van der Waals surface area contributed by atoms with Gasteiger partial charge in [-0.1, -0.05) is 57.0 Å². The number of nitrogens with zero attached hydrogens (tertiary/aromatic N) is 1. The van der Waals surface area contributed by atoms with E-state index in [4.69, 9.17) is 0 Å². The fourth-order valence-corrected chi connectivity index (χ4v) is 3.02. The Morgan fingerprint density at radius 3 is 2.35 bits per heavy atom. The lowest BCUT2D eigenvalue weighted by Crippen LogP contribution is -2.46. The van der Waals surface area contributed by atoms with Gasteiger partial charge in [-0.25, -0.2) is 0 Å². The molecule has 0 amide bonds. The molecule has 1 aliphatic rings. The van der Waals surface area contributed by atoms with Gasteiger partial charge in [-0.05, 0) is 24.5 Å². The van der Waals surface area contributed by atoms with Crippen LogP contribution in [0.2, 0.25) is 0 Å². The quantitative estimate of drug-likeness (QED) is 0.735. The summed E-state index contributed by atoms with van der Waals surface area (Å²) in [7, 11) is 2.24. The molecular formula is C16H23N. The van der Waals surface area contributed by atoms with Gasteiger partial charge in [0.15, 0.2) is 0 Å². The third kappa shape index (κ3) is 2.11. The SMILES string of the molecule is CCCC1(CCC)C=Cc2ccccc2N1C. The molecule has 0 unspecified atom stereocenters. The average Bonchev–Trinajstić information content (AvgIpc) is 2.35. The Labute approximate surface area is 105 Å². The van der Waals surface area contributed by atoms with Crippen LogP contribution in [0.4, 0.5) is 5.69 Å². The fourth-order valence-electron chi connectivity index (χ4n) is 3.02. The van der Waals surface area contributed by atoms with E-state index in [2.05, 4.69) is 62.2 Å². The molecule has 0 saturated carbocycles. The van der Waals surface area contributed by atoms with Gasteiger partial charge >= 0.3 is 0 Å². The molecular weight excluding hydrogens is 206 g/mol. The van der Waals surface area contributed by atoms with Crippen LogP contribution < -0.4 is 4.90 Å². The molecule has 0 spiro atoms. The van der Waals surface area contributed by atoms with Gasteiger partial charge in [0, 0.05) is 12.7 Å². The molecule has 0 bridgehead atoms. The molecule has 92 valence electrons. The molecule has 0 fully saturated rings. The van der Waals surface area contributed by atoms with Crippen molar-refractivity contribution in [2.24, 2.45) is 0 Å². The van der Waals surface area contributed by atoms with Crippen molar-refractivity contribution in [1.29, 1.82) is 0 Å². The monoisotopic (exact) mass is 229 g/mol. The van der Waals surface area contributed by atoms with Crippen LogP contribution in [-0.2, 0) is 0 Å². The van der Waals surface area contributed by atoms with Crippen molar-refractivity contribution in [1.82, 2.24) is 0 Å². The zero-order valence-corrected chi connectivity index (χ0v) is 11.2. The highest BCUT2D eigenvalue weighted by molar-refractivity contribution is 5.73. The average molecular weight is 229 g/mol. The predicted molar refractivity (Wildman–Crippen MR) is 76.4 cm³/mol. The molecule has 1 nitrogen and oxygen atoms in total. The molecule has 0 radical (unpaired) electrons. The summed E-state index contributed by atoms with van der Waals surface area (Å²) in [6.07, 6.45) is 9.67. The summed E-state index contributed by atoms with van der Waals surface area (Å²) in [4.78, 5) is 2.48. The number of hydrogen-bond donors (Lipinski definition) is 0. The van der Waals surface area contributed by atoms with Crippen LogP contribution in [0.1, 0.15) is 45.1 Å². The maximum absolute atomic E-state index is 2.48. The second-order valence-electron chi connectivity index (χ2n) is 5.05. The Morgan fingerprint density at radius 1 is 1.06 bits per heavy atom. The van der Waals surface area contributed by atoms with E-state index in [1.165, 1.54) is 36.9 Å². The van der Waals surface area contributed by atoms with E-state index in [0.29, 0.717) is 0 Å². The number of hydrogen-bond acceptors (Lipinski definition) is 1. The van der Waals surface area contributed by atoms with Gasteiger partial charge in [-0.3, -0.25) is 0 Å². The molecule has 1 aromatic carbocycles. The minimum atomic E-state index is 0.234. The van der Waals surface area contributed by atoms with Crippen LogP contribution in [0.25, 0.3) is 6.08 Å². The van der Waals surface area contributed by atoms with Crippen molar-refractivity contribution >= 4 is 11.8 Å². The lowest BCUT2D eigenvalue weighted by molar-refractivity contribution is 0.417. The summed E-state index contributed by atoms with van der Waals surface area (Å²) in [6.45, 7) is 4.55. The molecule has 1 heterocycles. The number of benzene rings is 1. The molecule has 17 heavy (non-hydrogen) atoms. The van der Waals surface area contributed by atoms with Crippen LogP contribution in [0.3, 0.4) is 0 Å². The standard InChI is InChI=1S/C16H23N/c1-4-11-16(12-5-2)13-10-14-8-6-7-9-15(14)17(16)3/h6-10,13H,4-5,11-12H2,1-3H3. The number of para-hydroxylation sites is 1. The molecule has 0 aromatic heterocycles. The van der Waals surface area contributed by atoms with Crippen molar-refractivity contribution in [3.63, 3.8) is 0 Å². The first kappa shape index (κ1) is 12.2. The highest BCUT2D eigenvalue weighted by Crippen LogP contribution is 2.38. The highest BCUT2D eigenvalue weighted by atomic mass is 15.2. The molecule has 1 heteroatoms. The summed E-state index contributed by atoms with van der Waals surface area (Å²) < 4.78 is 0. The minimum absolute atomic E-state index is 0.234. The van der Waals surface area contributed by atoms with E-state index < -0.39 is 0 Å².